The molecule has 21 heavy (non-hydrogen) atoms. The topological polar surface area (TPSA) is 52.6 Å². The van der Waals surface area contributed by atoms with Crippen LogP contribution in [0.15, 0.2) is 11.4 Å². The first-order valence-corrected chi connectivity index (χ1v) is 8.28. The van der Waals surface area contributed by atoms with Gasteiger partial charge in [0.2, 0.25) is 0 Å². The second-order valence-corrected chi connectivity index (χ2v) is 5.58. The van der Waals surface area contributed by atoms with Crippen LogP contribution in [0, 0.1) is 11.8 Å². The highest BCUT2D eigenvalue weighted by Gasteiger charge is 2.08. The molecular formula is C16H24N2O2S. The number of nitrogens with one attached hydrogen (secondary N) is 1. The second kappa shape index (κ2) is 10.4. The molecule has 0 atom stereocenters. The smallest absolute Gasteiger partial charge is 0.252 e. The maximum absolute atomic E-state index is 12.0. The zero-order valence-corrected chi connectivity index (χ0v) is 13.6. The minimum absolute atomic E-state index is 0.0472. The maximum Gasteiger partial charge on any atom is 0.252 e. The van der Waals surface area contributed by atoms with Crippen molar-refractivity contribution in [2.45, 2.75) is 26.7 Å². The number of hydrogen-bond acceptors (Lipinski definition) is 4. The number of rotatable bonds is 8. The van der Waals surface area contributed by atoms with E-state index in [9.17, 15) is 4.79 Å². The van der Waals surface area contributed by atoms with E-state index < -0.39 is 0 Å². The minimum atomic E-state index is -0.0472. The second-order valence-electron chi connectivity index (χ2n) is 4.67. The molecule has 0 aromatic carbocycles. The molecule has 116 valence electrons. The number of carbonyl (C=O) groups excluding carboxylic acids is 1. The summed E-state index contributed by atoms with van der Waals surface area (Å²) in [5, 5.41) is 13.4. The van der Waals surface area contributed by atoms with E-state index in [4.69, 9.17) is 5.11 Å². The Bertz CT molecular complexity index is 488. The highest BCUT2D eigenvalue weighted by Crippen LogP contribution is 2.13. The maximum atomic E-state index is 12.0. The van der Waals surface area contributed by atoms with E-state index in [1.807, 2.05) is 5.38 Å². The Hall–Kier alpha value is -1.35. The Labute approximate surface area is 131 Å². The summed E-state index contributed by atoms with van der Waals surface area (Å²) >= 11 is 1.45. The van der Waals surface area contributed by atoms with Gasteiger partial charge in [-0.2, -0.15) is 0 Å². The normalized spacial score (nSPS) is 10.3. The van der Waals surface area contributed by atoms with Crippen molar-refractivity contribution in [3.8, 4) is 11.8 Å². The van der Waals surface area contributed by atoms with Crippen LogP contribution in [0.2, 0.25) is 0 Å². The minimum Gasteiger partial charge on any atom is -0.395 e. The van der Waals surface area contributed by atoms with Crippen LogP contribution in [-0.4, -0.2) is 48.7 Å². The summed E-state index contributed by atoms with van der Waals surface area (Å²) < 4.78 is 0. The van der Waals surface area contributed by atoms with E-state index in [0.29, 0.717) is 18.5 Å². The number of thiophene rings is 1. The van der Waals surface area contributed by atoms with Crippen molar-refractivity contribution in [3.05, 3.63) is 21.9 Å². The lowest BCUT2D eigenvalue weighted by molar-refractivity contribution is 0.0949. The third-order valence-corrected chi connectivity index (χ3v) is 3.86. The van der Waals surface area contributed by atoms with Gasteiger partial charge in [0, 0.05) is 24.9 Å². The van der Waals surface area contributed by atoms with Crippen LogP contribution in [0.1, 0.15) is 41.9 Å². The number of carbonyl (C=O) groups is 1. The first-order valence-electron chi connectivity index (χ1n) is 7.40. The summed E-state index contributed by atoms with van der Waals surface area (Å²) in [6.45, 7) is 7.97. The van der Waals surface area contributed by atoms with Crippen molar-refractivity contribution < 1.29 is 9.90 Å². The number of nitrogens with zero attached hydrogens (tertiary/aromatic N) is 1. The van der Waals surface area contributed by atoms with Gasteiger partial charge in [-0.05, 0) is 25.6 Å². The molecule has 1 aromatic heterocycles. The summed E-state index contributed by atoms with van der Waals surface area (Å²) in [7, 11) is 0. The van der Waals surface area contributed by atoms with E-state index in [0.717, 1.165) is 30.9 Å². The standard InChI is InChI=1S/C16H24N2O2S/c1-3-9-18(4-2)10-8-17-16(20)14-12-15(21-13-14)7-5-6-11-19/h12-13,19H,3-4,6,8-11H2,1-2H3,(H,17,20). The first-order chi connectivity index (χ1) is 10.2. The van der Waals surface area contributed by atoms with E-state index in [1.54, 1.807) is 6.07 Å². The Kier molecular flexibility index (Phi) is 8.76. The molecule has 2 N–H and O–H groups in total. The van der Waals surface area contributed by atoms with Crippen LogP contribution in [-0.2, 0) is 0 Å². The molecule has 0 radical (unpaired) electrons. The quantitative estimate of drug-likeness (QED) is 0.722. The lowest BCUT2D eigenvalue weighted by Gasteiger charge is -2.19. The van der Waals surface area contributed by atoms with Crippen molar-refractivity contribution in [3.63, 3.8) is 0 Å². The van der Waals surface area contributed by atoms with Gasteiger partial charge in [-0.3, -0.25) is 4.79 Å². The molecule has 4 nitrogen and oxygen atoms in total. The third kappa shape index (κ3) is 6.76. The fourth-order valence-corrected chi connectivity index (χ4v) is 2.66. The average Bonchev–Trinajstić information content (AvgIpc) is 2.95. The fourth-order valence-electron chi connectivity index (χ4n) is 1.90. The number of aliphatic hydroxyl groups is 1. The number of amides is 1. The largest absolute Gasteiger partial charge is 0.395 e. The van der Waals surface area contributed by atoms with E-state index in [2.05, 4.69) is 35.9 Å². The van der Waals surface area contributed by atoms with Crippen molar-refractivity contribution in [2.24, 2.45) is 0 Å². The summed E-state index contributed by atoms with van der Waals surface area (Å²) in [6.07, 6.45) is 1.59. The van der Waals surface area contributed by atoms with Crippen LogP contribution in [0.5, 0.6) is 0 Å². The van der Waals surface area contributed by atoms with E-state index in [1.165, 1.54) is 11.3 Å². The van der Waals surface area contributed by atoms with E-state index >= 15 is 0 Å². The zero-order chi connectivity index (χ0) is 15.5. The molecule has 1 rings (SSSR count). The van der Waals surface area contributed by atoms with Crippen LogP contribution < -0.4 is 5.32 Å². The van der Waals surface area contributed by atoms with Gasteiger partial charge in [0.05, 0.1) is 17.0 Å². The molecule has 0 saturated carbocycles. The predicted molar refractivity (Wildman–Crippen MR) is 87.6 cm³/mol. The highest BCUT2D eigenvalue weighted by molar-refractivity contribution is 7.10. The lowest BCUT2D eigenvalue weighted by atomic mass is 10.3. The summed E-state index contributed by atoms with van der Waals surface area (Å²) in [5.74, 6) is 5.75. The van der Waals surface area contributed by atoms with Crippen LogP contribution in [0.3, 0.4) is 0 Å². The molecule has 1 heterocycles. The van der Waals surface area contributed by atoms with Crippen molar-refractivity contribution >= 4 is 17.2 Å². The Morgan fingerprint density at radius 2 is 2.24 bits per heavy atom. The molecule has 0 aliphatic heterocycles. The SMILES string of the molecule is CCCN(CC)CCNC(=O)c1csc(C#CCCO)c1. The summed E-state index contributed by atoms with van der Waals surface area (Å²) in [5.41, 5.74) is 0.659. The van der Waals surface area contributed by atoms with Gasteiger partial charge < -0.3 is 15.3 Å². The molecule has 0 bridgehead atoms. The number of hydrogen-bond donors (Lipinski definition) is 2. The monoisotopic (exact) mass is 308 g/mol. The lowest BCUT2D eigenvalue weighted by Crippen LogP contribution is -2.35. The van der Waals surface area contributed by atoms with Gasteiger partial charge in [0.15, 0.2) is 0 Å². The fraction of sp³-hybridized carbons (Fsp3) is 0.562. The third-order valence-electron chi connectivity index (χ3n) is 3.01. The number of aliphatic hydroxyl groups excluding tert-OH is 1. The Morgan fingerprint density at radius 3 is 2.90 bits per heavy atom. The van der Waals surface area contributed by atoms with Crippen LogP contribution in [0.25, 0.3) is 0 Å². The molecule has 0 aliphatic rings. The first kappa shape index (κ1) is 17.7. The van der Waals surface area contributed by atoms with Crippen molar-refractivity contribution in [1.29, 1.82) is 0 Å². The van der Waals surface area contributed by atoms with Gasteiger partial charge in [-0.25, -0.2) is 0 Å². The molecular weight excluding hydrogens is 284 g/mol. The molecule has 0 fully saturated rings. The van der Waals surface area contributed by atoms with E-state index in [-0.39, 0.29) is 12.5 Å². The number of likely N-dealkylation sites (N-methyl/N-ethyl adjacent to an activating group) is 1. The van der Waals surface area contributed by atoms with Gasteiger partial charge in [-0.15, -0.1) is 11.3 Å². The van der Waals surface area contributed by atoms with Gasteiger partial charge in [0.1, 0.15) is 0 Å². The Morgan fingerprint density at radius 1 is 1.43 bits per heavy atom. The van der Waals surface area contributed by atoms with Crippen molar-refractivity contribution in [2.75, 3.05) is 32.8 Å². The zero-order valence-electron chi connectivity index (χ0n) is 12.8. The molecule has 1 aromatic rings. The Balaban J connectivity index is 2.40. The van der Waals surface area contributed by atoms with Gasteiger partial charge >= 0.3 is 0 Å². The molecule has 0 saturated heterocycles. The highest BCUT2D eigenvalue weighted by atomic mass is 32.1. The van der Waals surface area contributed by atoms with Crippen LogP contribution in [0.4, 0.5) is 0 Å². The molecule has 0 unspecified atom stereocenters. The summed E-state index contributed by atoms with van der Waals surface area (Å²) in [4.78, 5) is 15.2. The van der Waals surface area contributed by atoms with Gasteiger partial charge in [-0.1, -0.05) is 25.7 Å². The molecule has 0 spiro atoms. The van der Waals surface area contributed by atoms with Crippen molar-refractivity contribution in [1.82, 2.24) is 10.2 Å². The molecule has 5 heteroatoms. The molecule has 1 amide bonds. The average molecular weight is 308 g/mol. The molecule has 0 aliphatic carbocycles. The van der Waals surface area contributed by atoms with Crippen LogP contribution >= 0.6 is 11.3 Å². The predicted octanol–water partition coefficient (Wildman–Crippen LogP) is 1.94. The summed E-state index contributed by atoms with van der Waals surface area (Å²) in [6, 6.07) is 1.80. The van der Waals surface area contributed by atoms with Gasteiger partial charge in [0.25, 0.3) is 5.91 Å².